The Morgan fingerprint density at radius 1 is 1.40 bits per heavy atom. The number of aromatic nitrogens is 2. The summed E-state index contributed by atoms with van der Waals surface area (Å²) in [4.78, 5) is 19.9. The van der Waals surface area contributed by atoms with Crippen LogP contribution in [0.1, 0.15) is 6.42 Å². The maximum absolute atomic E-state index is 11.3. The highest BCUT2D eigenvalue weighted by atomic mass is 35.5. The number of hydrogen-bond acceptors (Lipinski definition) is 4. The van der Waals surface area contributed by atoms with Crippen LogP contribution < -0.4 is 15.8 Å². The van der Waals surface area contributed by atoms with E-state index < -0.39 is 0 Å². The average Bonchev–Trinajstić information content (AvgIpc) is 2.50. The van der Waals surface area contributed by atoms with E-state index in [1.165, 1.54) is 6.33 Å². The van der Waals surface area contributed by atoms with Crippen LogP contribution in [0, 0.1) is 0 Å². The van der Waals surface area contributed by atoms with Crippen LogP contribution in [0.3, 0.4) is 0 Å². The fourth-order valence-corrected chi connectivity index (χ4v) is 1.87. The molecule has 0 amide bonds. The van der Waals surface area contributed by atoms with E-state index in [9.17, 15) is 4.79 Å². The van der Waals surface area contributed by atoms with Gasteiger partial charge in [0.05, 0.1) is 6.33 Å². The summed E-state index contributed by atoms with van der Waals surface area (Å²) in [6.07, 6.45) is 2.42. The van der Waals surface area contributed by atoms with E-state index in [2.05, 4.69) is 15.3 Å². The summed E-state index contributed by atoms with van der Waals surface area (Å²) in [7, 11) is 0. The predicted octanol–water partition coefficient (Wildman–Crippen LogP) is 0.223. The van der Waals surface area contributed by atoms with Crippen LogP contribution in [0.25, 0.3) is 0 Å². The second kappa shape index (κ2) is 4.63. The number of rotatable bonds is 1. The smallest absolute Gasteiger partial charge is 0.271 e. The Balaban J connectivity index is 2.27. The lowest BCUT2D eigenvalue weighted by Gasteiger charge is -2.21. The summed E-state index contributed by atoms with van der Waals surface area (Å²) >= 11 is 5.91. The van der Waals surface area contributed by atoms with Gasteiger partial charge in [-0.15, -0.1) is 0 Å². The van der Waals surface area contributed by atoms with Gasteiger partial charge >= 0.3 is 0 Å². The van der Waals surface area contributed by atoms with Gasteiger partial charge in [0.25, 0.3) is 5.56 Å². The highest BCUT2D eigenvalue weighted by Crippen LogP contribution is 2.18. The van der Waals surface area contributed by atoms with Crippen molar-refractivity contribution in [3.05, 3.63) is 21.7 Å². The molecule has 1 aromatic rings. The van der Waals surface area contributed by atoms with Gasteiger partial charge in [-0.3, -0.25) is 4.79 Å². The molecule has 0 radical (unpaired) electrons. The van der Waals surface area contributed by atoms with Crippen LogP contribution in [-0.2, 0) is 0 Å². The van der Waals surface area contributed by atoms with Crippen LogP contribution >= 0.6 is 11.6 Å². The van der Waals surface area contributed by atoms with Crippen molar-refractivity contribution in [3.63, 3.8) is 0 Å². The van der Waals surface area contributed by atoms with Gasteiger partial charge in [0.15, 0.2) is 5.82 Å². The molecule has 6 heteroatoms. The zero-order valence-corrected chi connectivity index (χ0v) is 9.05. The van der Waals surface area contributed by atoms with E-state index in [4.69, 9.17) is 11.6 Å². The van der Waals surface area contributed by atoms with Crippen LogP contribution in [0.15, 0.2) is 11.1 Å². The lowest BCUT2D eigenvalue weighted by Crippen LogP contribution is -2.30. The zero-order chi connectivity index (χ0) is 10.7. The number of hydrogen-bond donors (Lipinski definition) is 2. The predicted molar refractivity (Wildman–Crippen MR) is 59.6 cm³/mol. The van der Waals surface area contributed by atoms with Crippen LogP contribution in [0.5, 0.6) is 0 Å². The molecule has 1 aromatic heterocycles. The molecule has 2 heterocycles. The molecule has 2 N–H and O–H groups in total. The molecule has 1 aliphatic rings. The van der Waals surface area contributed by atoms with Gasteiger partial charge in [0.1, 0.15) is 5.02 Å². The number of aromatic amines is 1. The van der Waals surface area contributed by atoms with Gasteiger partial charge in [0, 0.05) is 19.6 Å². The molecule has 1 aliphatic heterocycles. The fraction of sp³-hybridized carbons (Fsp3) is 0.556. The van der Waals surface area contributed by atoms with E-state index in [0.717, 1.165) is 32.6 Å². The average molecular weight is 229 g/mol. The summed E-state index contributed by atoms with van der Waals surface area (Å²) in [6.45, 7) is 3.60. The fourth-order valence-electron chi connectivity index (χ4n) is 1.65. The normalized spacial score (nSPS) is 17.5. The summed E-state index contributed by atoms with van der Waals surface area (Å²) in [5.41, 5.74) is -0.279. The lowest BCUT2D eigenvalue weighted by atomic mass is 10.4. The highest BCUT2D eigenvalue weighted by Gasteiger charge is 2.15. The van der Waals surface area contributed by atoms with E-state index in [0.29, 0.717) is 5.82 Å². The lowest BCUT2D eigenvalue weighted by molar-refractivity contribution is 0.724. The molecule has 0 atom stereocenters. The Bertz CT molecular complexity index is 384. The van der Waals surface area contributed by atoms with Crippen molar-refractivity contribution in [2.75, 3.05) is 31.1 Å². The Labute approximate surface area is 92.5 Å². The zero-order valence-electron chi connectivity index (χ0n) is 8.29. The van der Waals surface area contributed by atoms with Crippen molar-refractivity contribution in [3.8, 4) is 0 Å². The Morgan fingerprint density at radius 3 is 3.13 bits per heavy atom. The van der Waals surface area contributed by atoms with Gasteiger partial charge in [-0.05, 0) is 13.0 Å². The third-order valence-corrected chi connectivity index (χ3v) is 2.76. The van der Waals surface area contributed by atoms with E-state index >= 15 is 0 Å². The van der Waals surface area contributed by atoms with Crippen LogP contribution in [0.2, 0.25) is 5.02 Å². The largest absolute Gasteiger partial charge is 0.354 e. The first-order valence-corrected chi connectivity index (χ1v) is 5.35. The number of H-pyrrole nitrogens is 1. The molecule has 1 fully saturated rings. The third-order valence-electron chi connectivity index (χ3n) is 2.42. The topological polar surface area (TPSA) is 61.0 Å². The number of nitrogens with one attached hydrogen (secondary N) is 2. The van der Waals surface area contributed by atoms with E-state index in [-0.39, 0.29) is 10.6 Å². The molecule has 2 rings (SSSR count). The van der Waals surface area contributed by atoms with Gasteiger partial charge < -0.3 is 15.2 Å². The summed E-state index contributed by atoms with van der Waals surface area (Å²) in [5, 5.41) is 3.46. The van der Waals surface area contributed by atoms with Crippen molar-refractivity contribution < 1.29 is 0 Å². The molecule has 0 spiro atoms. The van der Waals surface area contributed by atoms with Crippen molar-refractivity contribution >= 4 is 17.4 Å². The highest BCUT2D eigenvalue weighted by molar-refractivity contribution is 6.32. The molecule has 15 heavy (non-hydrogen) atoms. The first-order chi connectivity index (χ1) is 7.29. The van der Waals surface area contributed by atoms with Crippen molar-refractivity contribution in [2.45, 2.75) is 6.42 Å². The van der Waals surface area contributed by atoms with Gasteiger partial charge in [0.2, 0.25) is 0 Å². The van der Waals surface area contributed by atoms with Gasteiger partial charge in [-0.25, -0.2) is 4.98 Å². The molecule has 0 unspecified atom stereocenters. The molecule has 82 valence electrons. The minimum Gasteiger partial charge on any atom is -0.354 e. The number of halogens is 1. The maximum Gasteiger partial charge on any atom is 0.271 e. The van der Waals surface area contributed by atoms with Crippen LogP contribution in [0.4, 0.5) is 5.82 Å². The van der Waals surface area contributed by atoms with E-state index in [1.807, 2.05) is 4.90 Å². The molecular formula is C9H13ClN4O. The second-order valence-electron chi connectivity index (χ2n) is 3.46. The van der Waals surface area contributed by atoms with Crippen LogP contribution in [-0.4, -0.2) is 36.1 Å². The maximum atomic E-state index is 11.3. The van der Waals surface area contributed by atoms with Gasteiger partial charge in [-0.1, -0.05) is 11.6 Å². The molecule has 0 aliphatic carbocycles. The molecule has 0 saturated carbocycles. The summed E-state index contributed by atoms with van der Waals surface area (Å²) < 4.78 is 0. The SMILES string of the molecule is O=c1[nH]cnc(N2CCCNCC2)c1Cl. The first kappa shape index (κ1) is 10.4. The van der Waals surface area contributed by atoms with Crippen molar-refractivity contribution in [2.24, 2.45) is 0 Å². The number of anilines is 1. The summed E-state index contributed by atoms with van der Waals surface area (Å²) in [5.74, 6) is 0.587. The van der Waals surface area contributed by atoms with Gasteiger partial charge in [-0.2, -0.15) is 0 Å². The van der Waals surface area contributed by atoms with E-state index in [1.54, 1.807) is 0 Å². The molecular weight excluding hydrogens is 216 g/mol. The number of nitrogens with zero attached hydrogens (tertiary/aromatic N) is 2. The molecule has 5 nitrogen and oxygen atoms in total. The second-order valence-corrected chi connectivity index (χ2v) is 3.84. The van der Waals surface area contributed by atoms with Crippen molar-refractivity contribution in [1.29, 1.82) is 0 Å². The minimum absolute atomic E-state index is 0.180. The van der Waals surface area contributed by atoms with Crippen molar-refractivity contribution in [1.82, 2.24) is 15.3 Å². The first-order valence-electron chi connectivity index (χ1n) is 4.98. The Kier molecular flexibility index (Phi) is 3.23. The Morgan fingerprint density at radius 2 is 2.27 bits per heavy atom. The molecule has 0 bridgehead atoms. The Hall–Kier alpha value is -1.07. The molecule has 1 saturated heterocycles. The standard InChI is InChI=1S/C9H13ClN4O/c10-7-8(12-6-13-9(7)15)14-4-1-2-11-3-5-14/h6,11H,1-5H2,(H,12,13,15). The third kappa shape index (κ3) is 2.30. The summed E-state index contributed by atoms with van der Waals surface area (Å²) in [6, 6.07) is 0. The minimum atomic E-state index is -0.279. The monoisotopic (exact) mass is 228 g/mol. The molecule has 0 aromatic carbocycles. The quantitative estimate of drug-likeness (QED) is 0.722.